The summed E-state index contributed by atoms with van der Waals surface area (Å²) in [5.41, 5.74) is -0.722. The molecule has 1 rings (SSSR count). The van der Waals surface area contributed by atoms with Gasteiger partial charge in [-0.05, 0) is 12.0 Å². The van der Waals surface area contributed by atoms with Gasteiger partial charge in [0.25, 0.3) is 5.56 Å². The Labute approximate surface area is 92.7 Å². The molecule has 4 nitrogen and oxygen atoms in total. The van der Waals surface area contributed by atoms with E-state index in [1.54, 1.807) is 0 Å². The fourth-order valence-corrected chi connectivity index (χ4v) is 1.11. The number of aryl methyl sites for hydroxylation is 1. The summed E-state index contributed by atoms with van der Waals surface area (Å²) in [4.78, 5) is 22.5. The molecular weight excluding hydrogens is 213 g/mol. The van der Waals surface area contributed by atoms with Crippen LogP contribution in [0.1, 0.15) is 24.2 Å². The lowest BCUT2D eigenvalue weighted by Gasteiger charge is -2.07. The number of carbonyl (C=O) groups excluding carboxylic acids is 1. The third-order valence-electron chi connectivity index (χ3n) is 1.92. The third-order valence-corrected chi connectivity index (χ3v) is 1.92. The number of esters is 1. The van der Waals surface area contributed by atoms with Gasteiger partial charge in [0.05, 0.1) is 12.2 Å². The van der Waals surface area contributed by atoms with Crippen molar-refractivity contribution in [3.63, 3.8) is 0 Å². The lowest BCUT2D eigenvalue weighted by molar-refractivity contribution is 0.0457. The molecule has 0 radical (unpaired) electrons. The number of carbonyl (C=O) groups is 1. The van der Waals surface area contributed by atoms with Gasteiger partial charge in [0.2, 0.25) is 0 Å². The highest BCUT2D eigenvalue weighted by molar-refractivity contribution is 5.89. The molecule has 0 saturated heterocycles. The van der Waals surface area contributed by atoms with Crippen LogP contribution < -0.4 is 5.56 Å². The van der Waals surface area contributed by atoms with Crippen LogP contribution in [0.3, 0.4) is 0 Å². The maximum absolute atomic E-state index is 13.1. The topological polar surface area (TPSA) is 48.3 Å². The zero-order valence-corrected chi connectivity index (χ0v) is 9.49. The number of halogens is 1. The molecule has 0 spiro atoms. The maximum Gasteiger partial charge on any atom is 0.339 e. The Hall–Kier alpha value is -1.65. The van der Waals surface area contributed by atoms with Crippen molar-refractivity contribution < 1.29 is 13.9 Å². The first-order valence-corrected chi connectivity index (χ1v) is 4.95. The molecule has 1 aromatic rings. The second-order valence-electron chi connectivity index (χ2n) is 3.99. The second-order valence-corrected chi connectivity index (χ2v) is 3.99. The summed E-state index contributed by atoms with van der Waals surface area (Å²) >= 11 is 0. The Morgan fingerprint density at radius 1 is 1.56 bits per heavy atom. The van der Waals surface area contributed by atoms with Gasteiger partial charge in [-0.1, -0.05) is 13.8 Å². The predicted molar refractivity (Wildman–Crippen MR) is 56.8 cm³/mol. The number of hydrogen-bond donors (Lipinski definition) is 0. The van der Waals surface area contributed by atoms with E-state index in [-0.39, 0.29) is 18.1 Å². The van der Waals surface area contributed by atoms with E-state index >= 15 is 0 Å². The summed E-state index contributed by atoms with van der Waals surface area (Å²) in [5.74, 6) is -1.37. The maximum atomic E-state index is 13.1. The van der Waals surface area contributed by atoms with Crippen LogP contribution in [0.5, 0.6) is 0 Å². The van der Waals surface area contributed by atoms with Gasteiger partial charge in [-0.25, -0.2) is 9.18 Å². The highest BCUT2D eigenvalue weighted by atomic mass is 19.1. The van der Waals surface area contributed by atoms with E-state index in [4.69, 9.17) is 4.74 Å². The summed E-state index contributed by atoms with van der Waals surface area (Å²) in [6.07, 6.45) is 1.26. The highest BCUT2D eigenvalue weighted by Crippen LogP contribution is 2.03. The SMILES string of the molecule is CC(C)COC(=O)c1cc(F)c(=O)n(C)c1. The zero-order valence-electron chi connectivity index (χ0n) is 9.49. The van der Waals surface area contributed by atoms with Crippen LogP contribution in [-0.2, 0) is 11.8 Å². The Balaban J connectivity index is 2.89. The summed E-state index contributed by atoms with van der Waals surface area (Å²) in [6, 6.07) is 0.894. The predicted octanol–water partition coefficient (Wildman–Crippen LogP) is 1.34. The van der Waals surface area contributed by atoms with Gasteiger partial charge in [0.1, 0.15) is 0 Å². The average molecular weight is 227 g/mol. The van der Waals surface area contributed by atoms with Gasteiger partial charge in [0, 0.05) is 13.2 Å². The molecular formula is C11H14FNO3. The molecule has 88 valence electrons. The standard InChI is InChI=1S/C11H14FNO3/c1-7(2)6-16-11(15)8-4-9(12)10(14)13(3)5-8/h4-5,7H,6H2,1-3H3. The molecule has 0 aliphatic rings. The first kappa shape index (κ1) is 12.4. The highest BCUT2D eigenvalue weighted by Gasteiger charge is 2.12. The quantitative estimate of drug-likeness (QED) is 0.732. The zero-order chi connectivity index (χ0) is 12.3. The molecule has 0 amide bonds. The monoisotopic (exact) mass is 227 g/mol. The molecule has 0 saturated carbocycles. The van der Waals surface area contributed by atoms with Gasteiger partial charge in [-0.2, -0.15) is 0 Å². The minimum absolute atomic E-state index is 0.0419. The first-order valence-electron chi connectivity index (χ1n) is 4.95. The van der Waals surface area contributed by atoms with Crippen molar-refractivity contribution in [1.29, 1.82) is 0 Å². The fourth-order valence-electron chi connectivity index (χ4n) is 1.11. The van der Waals surface area contributed by atoms with Crippen LogP contribution in [0.15, 0.2) is 17.1 Å². The van der Waals surface area contributed by atoms with Crippen LogP contribution in [0.4, 0.5) is 4.39 Å². The molecule has 0 fully saturated rings. The Kier molecular flexibility index (Phi) is 3.82. The van der Waals surface area contributed by atoms with E-state index in [9.17, 15) is 14.0 Å². The van der Waals surface area contributed by atoms with E-state index in [2.05, 4.69) is 0 Å². The Morgan fingerprint density at radius 3 is 2.69 bits per heavy atom. The lowest BCUT2D eigenvalue weighted by Crippen LogP contribution is -2.22. The van der Waals surface area contributed by atoms with Crippen LogP contribution in [0.25, 0.3) is 0 Å². The summed E-state index contributed by atoms with van der Waals surface area (Å²) in [6.45, 7) is 4.06. The number of hydrogen-bond acceptors (Lipinski definition) is 3. The molecule has 16 heavy (non-hydrogen) atoms. The van der Waals surface area contributed by atoms with Crippen LogP contribution >= 0.6 is 0 Å². The van der Waals surface area contributed by atoms with Crippen molar-refractivity contribution in [3.05, 3.63) is 34.0 Å². The van der Waals surface area contributed by atoms with Gasteiger partial charge in [0.15, 0.2) is 5.82 Å². The summed E-state index contributed by atoms with van der Waals surface area (Å²) in [7, 11) is 1.38. The second kappa shape index (κ2) is 4.92. The van der Waals surface area contributed by atoms with Crippen molar-refractivity contribution in [2.24, 2.45) is 13.0 Å². The van der Waals surface area contributed by atoms with E-state index in [1.165, 1.54) is 13.2 Å². The number of ether oxygens (including phenoxy) is 1. The fraction of sp³-hybridized carbons (Fsp3) is 0.455. The number of pyridine rings is 1. The largest absolute Gasteiger partial charge is 0.462 e. The van der Waals surface area contributed by atoms with E-state index in [0.717, 1.165) is 10.6 Å². The first-order chi connectivity index (χ1) is 7.41. The minimum Gasteiger partial charge on any atom is -0.462 e. The van der Waals surface area contributed by atoms with Gasteiger partial charge in [-0.3, -0.25) is 4.79 Å². The van der Waals surface area contributed by atoms with E-state index in [0.29, 0.717) is 0 Å². The summed E-state index contributed by atoms with van der Waals surface area (Å²) < 4.78 is 19.0. The molecule has 0 aliphatic heterocycles. The lowest BCUT2D eigenvalue weighted by atomic mass is 10.2. The van der Waals surface area contributed by atoms with Gasteiger partial charge >= 0.3 is 5.97 Å². The van der Waals surface area contributed by atoms with Crippen molar-refractivity contribution >= 4 is 5.97 Å². The normalized spacial score (nSPS) is 10.6. The molecule has 0 unspecified atom stereocenters. The molecule has 1 aromatic heterocycles. The van der Waals surface area contributed by atoms with E-state index < -0.39 is 17.3 Å². The average Bonchev–Trinajstić information content (AvgIpc) is 2.21. The number of aromatic nitrogens is 1. The Morgan fingerprint density at radius 2 is 2.19 bits per heavy atom. The van der Waals surface area contributed by atoms with Crippen LogP contribution in [0, 0.1) is 11.7 Å². The molecule has 0 aliphatic carbocycles. The smallest absolute Gasteiger partial charge is 0.339 e. The molecule has 0 bridgehead atoms. The third kappa shape index (κ3) is 2.92. The van der Waals surface area contributed by atoms with Crippen molar-refractivity contribution in [1.82, 2.24) is 4.57 Å². The number of rotatable bonds is 3. The molecule has 0 aromatic carbocycles. The van der Waals surface area contributed by atoms with Crippen molar-refractivity contribution in [3.8, 4) is 0 Å². The van der Waals surface area contributed by atoms with E-state index in [1.807, 2.05) is 13.8 Å². The van der Waals surface area contributed by atoms with Gasteiger partial charge < -0.3 is 9.30 Å². The van der Waals surface area contributed by atoms with Crippen LogP contribution in [-0.4, -0.2) is 17.1 Å². The molecule has 1 heterocycles. The molecule has 0 atom stereocenters. The molecule has 0 N–H and O–H groups in total. The Bertz CT molecular complexity index is 425. The van der Waals surface area contributed by atoms with Crippen LogP contribution in [0.2, 0.25) is 0 Å². The van der Waals surface area contributed by atoms with Crippen molar-refractivity contribution in [2.75, 3.05) is 6.61 Å². The summed E-state index contributed by atoms with van der Waals surface area (Å²) in [5, 5.41) is 0. The van der Waals surface area contributed by atoms with Crippen molar-refractivity contribution in [2.45, 2.75) is 13.8 Å². The molecule has 5 heteroatoms. The minimum atomic E-state index is -0.957. The van der Waals surface area contributed by atoms with Gasteiger partial charge in [-0.15, -0.1) is 0 Å². The number of nitrogens with zero attached hydrogens (tertiary/aromatic N) is 1.